The van der Waals surface area contributed by atoms with E-state index in [9.17, 15) is 0 Å². The van der Waals surface area contributed by atoms with Crippen LogP contribution in [-0.4, -0.2) is 46.0 Å². The maximum atomic E-state index is 9.16. The molecular weight excluding hydrogens is 264 g/mol. The molecule has 104 valence electrons. The van der Waals surface area contributed by atoms with Gasteiger partial charge in [0.25, 0.3) is 0 Å². The van der Waals surface area contributed by atoms with Crippen LogP contribution in [0.1, 0.15) is 11.8 Å². The van der Waals surface area contributed by atoms with Crippen LogP contribution in [-0.2, 0) is 0 Å². The molecule has 0 bridgehead atoms. The van der Waals surface area contributed by atoms with Crippen LogP contribution in [0.5, 0.6) is 0 Å². The normalized spacial score (nSPS) is 11.2. The second kappa shape index (κ2) is 6.14. The molecular formula is C12H18N4O2S. The van der Waals surface area contributed by atoms with Gasteiger partial charge in [-0.1, -0.05) is 0 Å². The van der Waals surface area contributed by atoms with Crippen molar-refractivity contribution in [2.45, 2.75) is 19.9 Å². The lowest BCUT2D eigenvalue weighted by Crippen LogP contribution is -2.28. The molecule has 7 heteroatoms. The van der Waals surface area contributed by atoms with Gasteiger partial charge in [-0.3, -0.25) is 0 Å². The SMILES string of the molecule is CCNc1nc(NC(CO)CO)c2cc(C)sc2n1. The third-order valence-corrected chi connectivity index (χ3v) is 3.58. The number of rotatable bonds is 6. The van der Waals surface area contributed by atoms with E-state index in [1.165, 1.54) is 0 Å². The standard InChI is InChI=1S/C12H18N4O2S/c1-3-13-12-15-10(14-8(5-17)6-18)9-4-7(2)19-11(9)16-12/h4,8,17-18H,3,5-6H2,1-2H3,(H2,13,14,15,16). The van der Waals surface area contributed by atoms with Gasteiger partial charge in [-0.05, 0) is 19.9 Å². The molecule has 0 unspecified atom stereocenters. The maximum Gasteiger partial charge on any atom is 0.226 e. The topological polar surface area (TPSA) is 90.3 Å². The first kappa shape index (κ1) is 14.0. The van der Waals surface area contributed by atoms with Gasteiger partial charge < -0.3 is 20.8 Å². The van der Waals surface area contributed by atoms with Gasteiger partial charge in [-0.25, -0.2) is 4.98 Å². The zero-order valence-corrected chi connectivity index (χ0v) is 11.8. The molecule has 0 amide bonds. The van der Waals surface area contributed by atoms with E-state index in [-0.39, 0.29) is 13.2 Å². The number of anilines is 2. The van der Waals surface area contributed by atoms with Crippen molar-refractivity contribution >= 4 is 33.3 Å². The number of aliphatic hydroxyl groups is 2. The fourth-order valence-electron chi connectivity index (χ4n) is 1.73. The Morgan fingerprint density at radius 3 is 2.68 bits per heavy atom. The van der Waals surface area contributed by atoms with Crippen molar-refractivity contribution < 1.29 is 10.2 Å². The molecule has 2 heterocycles. The van der Waals surface area contributed by atoms with Crippen LogP contribution in [0, 0.1) is 6.92 Å². The van der Waals surface area contributed by atoms with E-state index in [1.54, 1.807) is 11.3 Å². The summed E-state index contributed by atoms with van der Waals surface area (Å²) in [7, 11) is 0. The first-order valence-corrected chi connectivity index (χ1v) is 6.99. The molecule has 19 heavy (non-hydrogen) atoms. The first-order chi connectivity index (χ1) is 9.17. The van der Waals surface area contributed by atoms with Crippen LogP contribution in [0.25, 0.3) is 10.2 Å². The molecule has 0 saturated heterocycles. The minimum absolute atomic E-state index is 0.151. The summed E-state index contributed by atoms with van der Waals surface area (Å²) in [5.74, 6) is 1.19. The second-order valence-corrected chi connectivity index (χ2v) is 5.44. The van der Waals surface area contributed by atoms with Crippen LogP contribution in [0.4, 0.5) is 11.8 Å². The molecule has 0 aliphatic carbocycles. The highest BCUT2D eigenvalue weighted by Crippen LogP contribution is 2.29. The number of thiophene rings is 1. The average molecular weight is 282 g/mol. The lowest BCUT2D eigenvalue weighted by atomic mass is 10.3. The predicted octanol–water partition coefficient (Wildman–Crippen LogP) is 1.20. The summed E-state index contributed by atoms with van der Waals surface area (Å²) in [6.07, 6.45) is 0. The lowest BCUT2D eigenvalue weighted by Gasteiger charge is -2.15. The molecule has 0 radical (unpaired) electrons. The summed E-state index contributed by atoms with van der Waals surface area (Å²) in [6, 6.07) is 1.58. The summed E-state index contributed by atoms with van der Waals surface area (Å²) in [6.45, 7) is 4.42. The van der Waals surface area contributed by atoms with Crippen LogP contribution in [0.3, 0.4) is 0 Å². The van der Waals surface area contributed by atoms with Crippen molar-refractivity contribution in [2.24, 2.45) is 0 Å². The van der Waals surface area contributed by atoms with Gasteiger partial charge in [-0.15, -0.1) is 11.3 Å². The molecule has 0 aliphatic rings. The quantitative estimate of drug-likeness (QED) is 0.636. The molecule has 0 aliphatic heterocycles. The van der Waals surface area contributed by atoms with Crippen molar-refractivity contribution in [2.75, 3.05) is 30.4 Å². The average Bonchev–Trinajstić information content (AvgIpc) is 2.76. The number of aliphatic hydroxyl groups excluding tert-OH is 2. The van der Waals surface area contributed by atoms with Crippen LogP contribution >= 0.6 is 11.3 Å². The Labute approximate surface area is 115 Å². The number of fused-ring (bicyclic) bond motifs is 1. The number of nitrogens with zero attached hydrogens (tertiary/aromatic N) is 2. The molecule has 0 fully saturated rings. The van der Waals surface area contributed by atoms with Crippen molar-refractivity contribution in [1.29, 1.82) is 0 Å². The third-order valence-electron chi connectivity index (χ3n) is 2.63. The smallest absolute Gasteiger partial charge is 0.226 e. The summed E-state index contributed by atoms with van der Waals surface area (Å²) < 4.78 is 0. The van der Waals surface area contributed by atoms with Gasteiger partial charge in [0.05, 0.1) is 24.6 Å². The monoisotopic (exact) mass is 282 g/mol. The van der Waals surface area contributed by atoms with Crippen molar-refractivity contribution in [3.63, 3.8) is 0 Å². The Morgan fingerprint density at radius 2 is 2.05 bits per heavy atom. The largest absolute Gasteiger partial charge is 0.394 e. The van der Waals surface area contributed by atoms with Crippen molar-refractivity contribution in [3.05, 3.63) is 10.9 Å². The molecule has 0 saturated carbocycles. The van der Waals surface area contributed by atoms with Gasteiger partial charge >= 0.3 is 0 Å². The van der Waals surface area contributed by atoms with E-state index in [0.29, 0.717) is 11.8 Å². The molecule has 0 aromatic carbocycles. The molecule has 2 rings (SSSR count). The van der Waals surface area contributed by atoms with Crippen LogP contribution < -0.4 is 10.6 Å². The molecule has 2 aromatic rings. The number of aryl methyl sites for hydroxylation is 1. The molecule has 0 spiro atoms. The Morgan fingerprint density at radius 1 is 1.32 bits per heavy atom. The minimum Gasteiger partial charge on any atom is -0.394 e. The van der Waals surface area contributed by atoms with Gasteiger partial charge in [0.15, 0.2) is 0 Å². The fraction of sp³-hybridized carbons (Fsp3) is 0.500. The van der Waals surface area contributed by atoms with E-state index in [1.807, 2.05) is 19.9 Å². The summed E-state index contributed by atoms with van der Waals surface area (Å²) in [4.78, 5) is 10.9. The Hall–Kier alpha value is -1.44. The third kappa shape index (κ3) is 3.12. The predicted molar refractivity (Wildman–Crippen MR) is 77.9 cm³/mol. The Kier molecular flexibility index (Phi) is 4.52. The number of aromatic nitrogens is 2. The van der Waals surface area contributed by atoms with Crippen molar-refractivity contribution in [3.8, 4) is 0 Å². The zero-order valence-electron chi connectivity index (χ0n) is 11.0. The lowest BCUT2D eigenvalue weighted by molar-refractivity contribution is 0.203. The van der Waals surface area contributed by atoms with Gasteiger partial charge in [0, 0.05) is 11.4 Å². The van der Waals surface area contributed by atoms with Crippen LogP contribution in [0.15, 0.2) is 6.07 Å². The molecule has 2 aromatic heterocycles. The number of nitrogens with one attached hydrogen (secondary N) is 2. The van der Waals surface area contributed by atoms with E-state index >= 15 is 0 Å². The van der Waals surface area contributed by atoms with Crippen molar-refractivity contribution in [1.82, 2.24) is 9.97 Å². The Balaban J connectivity index is 2.43. The Bertz CT molecular complexity index is 554. The van der Waals surface area contributed by atoms with Gasteiger partial charge in [0.2, 0.25) is 5.95 Å². The molecule has 6 nitrogen and oxygen atoms in total. The second-order valence-electron chi connectivity index (χ2n) is 4.21. The van der Waals surface area contributed by atoms with Gasteiger partial charge in [0.1, 0.15) is 10.6 Å². The summed E-state index contributed by atoms with van der Waals surface area (Å²) in [5, 5.41) is 25.4. The number of hydrogen-bond donors (Lipinski definition) is 4. The van der Waals surface area contributed by atoms with Gasteiger partial charge in [-0.2, -0.15) is 4.98 Å². The molecule has 0 atom stereocenters. The highest BCUT2D eigenvalue weighted by Gasteiger charge is 2.13. The van der Waals surface area contributed by atoms with E-state index < -0.39 is 6.04 Å². The first-order valence-electron chi connectivity index (χ1n) is 6.18. The summed E-state index contributed by atoms with van der Waals surface area (Å²) >= 11 is 1.59. The van der Waals surface area contributed by atoms with E-state index in [0.717, 1.165) is 21.6 Å². The maximum absolute atomic E-state index is 9.16. The highest BCUT2D eigenvalue weighted by atomic mass is 32.1. The minimum atomic E-state index is -0.423. The van der Waals surface area contributed by atoms with E-state index in [2.05, 4.69) is 20.6 Å². The number of hydrogen-bond acceptors (Lipinski definition) is 7. The zero-order chi connectivity index (χ0) is 13.8. The molecule has 4 N–H and O–H groups in total. The highest BCUT2D eigenvalue weighted by molar-refractivity contribution is 7.18. The van der Waals surface area contributed by atoms with Crippen LogP contribution in [0.2, 0.25) is 0 Å². The van der Waals surface area contributed by atoms with E-state index in [4.69, 9.17) is 10.2 Å². The summed E-state index contributed by atoms with van der Waals surface area (Å²) in [5.41, 5.74) is 0. The fourth-order valence-corrected chi connectivity index (χ4v) is 2.61.